The topological polar surface area (TPSA) is 35.6 Å². The summed E-state index contributed by atoms with van der Waals surface area (Å²) >= 11 is 5.06. The molecule has 0 atom stereocenters. The molecule has 0 aliphatic carbocycles. The van der Waals surface area contributed by atoms with Crippen LogP contribution in [0, 0.1) is 0 Å². The molecule has 5 heteroatoms. The largest absolute Gasteiger partial charge is 0.338 e. The van der Waals surface area contributed by atoms with Gasteiger partial charge in [-0.2, -0.15) is 0 Å². The Labute approximate surface area is 95.6 Å². The number of nitrogens with one attached hydrogen (secondary N) is 1. The summed E-state index contributed by atoms with van der Waals surface area (Å²) in [6.45, 7) is 4.73. The van der Waals surface area contributed by atoms with Crippen molar-refractivity contribution in [1.29, 1.82) is 0 Å². The van der Waals surface area contributed by atoms with Gasteiger partial charge in [0.1, 0.15) is 0 Å². The zero-order valence-electron chi connectivity index (χ0n) is 8.87. The van der Waals surface area contributed by atoms with E-state index in [4.69, 9.17) is 12.2 Å². The predicted octanol–water partition coefficient (Wildman–Crippen LogP) is 0.189. The number of hydrogen-bond donors (Lipinski definition) is 1. The maximum atomic E-state index is 11.1. The molecule has 84 valence electrons. The molecule has 15 heavy (non-hydrogen) atoms. The second kappa shape index (κ2) is 4.90. The van der Waals surface area contributed by atoms with Crippen molar-refractivity contribution < 1.29 is 4.79 Å². The summed E-state index contributed by atoms with van der Waals surface area (Å²) in [4.78, 5) is 15.5. The predicted molar refractivity (Wildman–Crippen MR) is 62.6 cm³/mol. The van der Waals surface area contributed by atoms with Gasteiger partial charge in [0.25, 0.3) is 0 Å². The van der Waals surface area contributed by atoms with E-state index in [1.165, 1.54) is 32.4 Å². The van der Waals surface area contributed by atoms with Crippen LogP contribution in [-0.2, 0) is 4.79 Å². The Hall–Kier alpha value is -0.680. The highest BCUT2D eigenvalue weighted by atomic mass is 32.1. The molecule has 1 N–H and O–H groups in total. The van der Waals surface area contributed by atoms with Gasteiger partial charge in [0, 0.05) is 13.1 Å². The molecular weight excluding hydrogens is 210 g/mol. The third-order valence-corrected chi connectivity index (χ3v) is 3.36. The van der Waals surface area contributed by atoms with Crippen LogP contribution >= 0.6 is 12.2 Å². The molecule has 2 heterocycles. The van der Waals surface area contributed by atoms with Crippen LogP contribution in [0.1, 0.15) is 19.3 Å². The molecule has 4 nitrogen and oxygen atoms in total. The average Bonchev–Trinajstić information content (AvgIpc) is 2.56. The van der Waals surface area contributed by atoms with E-state index in [-0.39, 0.29) is 5.91 Å². The standard InChI is InChI=1S/C10H17N3OS/c14-9-8-13(10(15)11-9)7-6-12-4-2-1-3-5-12/h1-8H2,(H,11,14,15). The van der Waals surface area contributed by atoms with Crippen molar-refractivity contribution in [2.45, 2.75) is 19.3 Å². The van der Waals surface area contributed by atoms with Crippen LogP contribution in [0.5, 0.6) is 0 Å². The number of nitrogens with zero attached hydrogens (tertiary/aromatic N) is 2. The third kappa shape index (κ3) is 2.89. The van der Waals surface area contributed by atoms with E-state index in [2.05, 4.69) is 10.2 Å². The number of carbonyl (C=O) groups excluding carboxylic acids is 1. The molecule has 0 saturated carbocycles. The smallest absolute Gasteiger partial charge is 0.245 e. The Kier molecular flexibility index (Phi) is 3.53. The highest BCUT2D eigenvalue weighted by Crippen LogP contribution is 2.08. The number of piperidine rings is 1. The lowest BCUT2D eigenvalue weighted by molar-refractivity contribution is -0.118. The average molecular weight is 227 g/mol. The van der Waals surface area contributed by atoms with E-state index < -0.39 is 0 Å². The molecule has 1 amide bonds. The van der Waals surface area contributed by atoms with E-state index in [0.29, 0.717) is 11.7 Å². The minimum atomic E-state index is 0.0265. The molecule has 0 spiro atoms. The Balaban J connectivity index is 1.73. The molecule has 2 saturated heterocycles. The fraction of sp³-hybridized carbons (Fsp3) is 0.800. The fourth-order valence-electron chi connectivity index (χ4n) is 2.11. The van der Waals surface area contributed by atoms with Crippen molar-refractivity contribution in [3.05, 3.63) is 0 Å². The van der Waals surface area contributed by atoms with E-state index in [1.807, 2.05) is 4.90 Å². The van der Waals surface area contributed by atoms with Crippen LogP contribution in [0.3, 0.4) is 0 Å². The first-order valence-electron chi connectivity index (χ1n) is 5.57. The molecule has 2 aliphatic heterocycles. The van der Waals surface area contributed by atoms with Crippen molar-refractivity contribution in [1.82, 2.24) is 15.1 Å². The van der Waals surface area contributed by atoms with Gasteiger partial charge in [0.15, 0.2) is 5.11 Å². The van der Waals surface area contributed by atoms with Gasteiger partial charge >= 0.3 is 0 Å². The van der Waals surface area contributed by atoms with Crippen LogP contribution in [-0.4, -0.2) is 53.5 Å². The van der Waals surface area contributed by atoms with Crippen molar-refractivity contribution in [2.75, 3.05) is 32.7 Å². The minimum Gasteiger partial charge on any atom is -0.338 e. The van der Waals surface area contributed by atoms with Crippen molar-refractivity contribution in [3.8, 4) is 0 Å². The zero-order chi connectivity index (χ0) is 10.7. The summed E-state index contributed by atoms with van der Waals surface area (Å²) in [5.41, 5.74) is 0. The third-order valence-electron chi connectivity index (χ3n) is 3.00. The lowest BCUT2D eigenvalue weighted by atomic mass is 10.1. The highest BCUT2D eigenvalue weighted by molar-refractivity contribution is 7.80. The summed E-state index contributed by atoms with van der Waals surface area (Å²) in [6.07, 6.45) is 3.97. The first-order valence-corrected chi connectivity index (χ1v) is 5.97. The van der Waals surface area contributed by atoms with Gasteiger partial charge in [-0.1, -0.05) is 6.42 Å². The fourth-order valence-corrected chi connectivity index (χ4v) is 2.38. The van der Waals surface area contributed by atoms with E-state index >= 15 is 0 Å². The van der Waals surface area contributed by atoms with Gasteiger partial charge in [-0.15, -0.1) is 0 Å². The summed E-state index contributed by atoms with van der Waals surface area (Å²) in [6, 6.07) is 0. The number of thiocarbonyl (C=S) groups is 1. The second-order valence-corrected chi connectivity index (χ2v) is 4.56. The highest BCUT2D eigenvalue weighted by Gasteiger charge is 2.23. The molecule has 2 aliphatic rings. The van der Waals surface area contributed by atoms with Crippen LogP contribution in [0.15, 0.2) is 0 Å². The number of hydrogen-bond acceptors (Lipinski definition) is 3. The Morgan fingerprint density at radius 3 is 2.53 bits per heavy atom. The van der Waals surface area contributed by atoms with Crippen LogP contribution in [0.4, 0.5) is 0 Å². The number of amides is 1. The minimum absolute atomic E-state index is 0.0265. The van der Waals surface area contributed by atoms with Crippen molar-refractivity contribution >= 4 is 23.2 Å². The van der Waals surface area contributed by atoms with Gasteiger partial charge in [-0.05, 0) is 38.1 Å². The van der Waals surface area contributed by atoms with Crippen LogP contribution < -0.4 is 5.32 Å². The SMILES string of the molecule is O=C1CN(CCN2CCCCC2)C(=S)N1. The maximum Gasteiger partial charge on any atom is 0.245 e. The first kappa shape index (κ1) is 10.8. The Bertz CT molecular complexity index is 263. The monoisotopic (exact) mass is 227 g/mol. The van der Waals surface area contributed by atoms with Gasteiger partial charge in [0.05, 0.1) is 6.54 Å². The van der Waals surface area contributed by atoms with E-state index in [0.717, 1.165) is 13.1 Å². The number of rotatable bonds is 3. The van der Waals surface area contributed by atoms with Gasteiger partial charge < -0.3 is 15.1 Å². The van der Waals surface area contributed by atoms with E-state index in [9.17, 15) is 4.79 Å². The second-order valence-electron chi connectivity index (χ2n) is 4.18. The summed E-state index contributed by atoms with van der Waals surface area (Å²) < 4.78 is 0. The maximum absolute atomic E-state index is 11.1. The molecule has 0 radical (unpaired) electrons. The summed E-state index contributed by atoms with van der Waals surface area (Å²) in [7, 11) is 0. The van der Waals surface area contributed by atoms with Gasteiger partial charge in [0.2, 0.25) is 5.91 Å². The molecule has 0 aromatic heterocycles. The van der Waals surface area contributed by atoms with Crippen molar-refractivity contribution in [2.24, 2.45) is 0 Å². The van der Waals surface area contributed by atoms with Gasteiger partial charge in [-0.25, -0.2) is 0 Å². The molecule has 2 fully saturated rings. The van der Waals surface area contributed by atoms with E-state index in [1.54, 1.807) is 0 Å². The van der Waals surface area contributed by atoms with Crippen LogP contribution in [0.25, 0.3) is 0 Å². The molecule has 0 aromatic carbocycles. The molecule has 0 unspecified atom stereocenters. The lowest BCUT2D eigenvalue weighted by Crippen LogP contribution is -2.39. The summed E-state index contributed by atoms with van der Waals surface area (Å²) in [5.74, 6) is 0.0265. The molecule has 0 aromatic rings. The lowest BCUT2D eigenvalue weighted by Gasteiger charge is -2.28. The first-order chi connectivity index (χ1) is 7.25. The number of carbonyl (C=O) groups is 1. The van der Waals surface area contributed by atoms with Crippen LogP contribution in [0.2, 0.25) is 0 Å². The zero-order valence-corrected chi connectivity index (χ0v) is 9.68. The quantitative estimate of drug-likeness (QED) is 0.698. The normalized spacial score (nSPS) is 23.3. The Morgan fingerprint density at radius 1 is 1.20 bits per heavy atom. The van der Waals surface area contributed by atoms with Gasteiger partial charge in [-0.3, -0.25) is 4.79 Å². The Morgan fingerprint density at radius 2 is 1.93 bits per heavy atom. The molecule has 0 bridgehead atoms. The number of likely N-dealkylation sites (tertiary alicyclic amines) is 1. The summed E-state index contributed by atoms with van der Waals surface area (Å²) in [5, 5.41) is 3.25. The molecular formula is C10H17N3OS. The van der Waals surface area contributed by atoms with Crippen molar-refractivity contribution in [3.63, 3.8) is 0 Å². The molecule has 2 rings (SSSR count).